The third-order valence-electron chi connectivity index (χ3n) is 1.77. The van der Waals surface area contributed by atoms with Gasteiger partial charge in [-0.1, -0.05) is 34.6 Å². The summed E-state index contributed by atoms with van der Waals surface area (Å²) in [5, 5.41) is 0. The van der Waals surface area contributed by atoms with Crippen molar-refractivity contribution in [2.75, 3.05) is 0 Å². The van der Waals surface area contributed by atoms with E-state index < -0.39 is 0 Å². The molecule has 11 heavy (non-hydrogen) atoms. The molecule has 0 aliphatic carbocycles. The molecular weight excluding hydrogens is 132 g/mol. The van der Waals surface area contributed by atoms with Gasteiger partial charge in [0.1, 0.15) is 0 Å². The lowest BCUT2D eigenvalue weighted by atomic mass is 9.82. The van der Waals surface area contributed by atoms with Crippen LogP contribution < -0.4 is 0 Å². The zero-order chi connectivity index (χ0) is 9.07. The van der Waals surface area contributed by atoms with E-state index >= 15 is 0 Å². The first-order valence-corrected chi connectivity index (χ1v) is 4.66. The van der Waals surface area contributed by atoms with E-state index in [0.29, 0.717) is 0 Å². The molecule has 0 aromatic carbocycles. The molecule has 0 saturated heterocycles. The zero-order valence-electron chi connectivity index (χ0n) is 8.78. The second-order valence-corrected chi connectivity index (χ2v) is 5.10. The van der Waals surface area contributed by atoms with Crippen molar-refractivity contribution in [3.05, 3.63) is 6.92 Å². The maximum Gasteiger partial charge on any atom is -0.0351 e. The molecule has 0 heterocycles. The Hall–Kier alpha value is 0. The van der Waals surface area contributed by atoms with E-state index in [1.54, 1.807) is 0 Å². The normalized spacial score (nSPS) is 15.5. The van der Waals surface area contributed by atoms with Gasteiger partial charge in [-0.05, 0) is 37.0 Å². The lowest BCUT2D eigenvalue weighted by Crippen LogP contribution is -2.12. The van der Waals surface area contributed by atoms with Crippen molar-refractivity contribution in [3.63, 3.8) is 0 Å². The highest BCUT2D eigenvalue weighted by molar-refractivity contribution is 4.73. The summed E-state index contributed by atoms with van der Waals surface area (Å²) in [6.45, 7) is 15.4. The molecule has 0 heteroatoms. The van der Waals surface area contributed by atoms with Crippen LogP contribution in [0.3, 0.4) is 0 Å². The van der Waals surface area contributed by atoms with Gasteiger partial charge in [0.15, 0.2) is 0 Å². The Morgan fingerprint density at radius 2 is 1.64 bits per heavy atom. The Labute approximate surface area is 72.4 Å². The molecule has 0 spiro atoms. The van der Waals surface area contributed by atoms with E-state index in [-0.39, 0.29) is 5.41 Å². The lowest BCUT2D eigenvalue weighted by Gasteiger charge is -2.24. The molecule has 0 bridgehead atoms. The van der Waals surface area contributed by atoms with Gasteiger partial charge in [-0.2, -0.15) is 0 Å². The molecule has 1 atom stereocenters. The molecule has 67 valence electrons. The molecule has 1 radical (unpaired) electrons. The third kappa shape index (κ3) is 7.90. The predicted molar refractivity (Wildman–Crippen MR) is 52.4 cm³/mol. The molecule has 0 rings (SSSR count). The van der Waals surface area contributed by atoms with Crippen molar-refractivity contribution >= 4 is 0 Å². The van der Waals surface area contributed by atoms with E-state index in [4.69, 9.17) is 0 Å². The number of rotatable bonds is 4. The Morgan fingerprint density at radius 3 is 1.91 bits per heavy atom. The summed E-state index contributed by atoms with van der Waals surface area (Å²) >= 11 is 0. The van der Waals surface area contributed by atoms with E-state index in [0.717, 1.165) is 11.8 Å². The molecule has 0 saturated carbocycles. The van der Waals surface area contributed by atoms with E-state index in [1.165, 1.54) is 12.8 Å². The molecule has 0 amide bonds. The Balaban J connectivity index is 3.61. The highest BCUT2D eigenvalue weighted by Crippen LogP contribution is 2.27. The van der Waals surface area contributed by atoms with Crippen molar-refractivity contribution in [2.45, 2.75) is 47.5 Å². The average Bonchev–Trinajstić information content (AvgIpc) is 1.53. The van der Waals surface area contributed by atoms with Gasteiger partial charge in [0.25, 0.3) is 0 Å². The Kier molecular flexibility index (Phi) is 4.13. The molecule has 0 N–H and O–H groups in total. The summed E-state index contributed by atoms with van der Waals surface area (Å²) in [5.74, 6) is 1.65. The molecule has 0 aromatic heterocycles. The minimum Gasteiger partial charge on any atom is -0.0628 e. The van der Waals surface area contributed by atoms with E-state index in [1.807, 2.05) is 0 Å². The SMILES string of the molecule is [CH2]C(C)(C)CC(C)CC(C)C. The molecule has 0 fully saturated rings. The molecule has 1 unspecified atom stereocenters. The molecule has 0 aliphatic heterocycles. The fraction of sp³-hybridized carbons (Fsp3) is 0.909. The maximum absolute atomic E-state index is 4.12. The molecule has 0 aromatic rings. The third-order valence-corrected chi connectivity index (χ3v) is 1.77. The fourth-order valence-corrected chi connectivity index (χ4v) is 1.83. The summed E-state index contributed by atoms with van der Waals surface area (Å²) in [6.07, 6.45) is 2.57. The van der Waals surface area contributed by atoms with Gasteiger partial charge in [0.2, 0.25) is 0 Å². The molecular formula is C11H23. The fourth-order valence-electron chi connectivity index (χ4n) is 1.83. The van der Waals surface area contributed by atoms with Crippen molar-refractivity contribution in [2.24, 2.45) is 17.3 Å². The summed E-state index contributed by atoms with van der Waals surface area (Å²) in [4.78, 5) is 0. The Morgan fingerprint density at radius 1 is 1.18 bits per heavy atom. The van der Waals surface area contributed by atoms with Crippen LogP contribution in [0, 0.1) is 24.2 Å². The van der Waals surface area contributed by atoms with Gasteiger partial charge < -0.3 is 0 Å². The van der Waals surface area contributed by atoms with Gasteiger partial charge in [0, 0.05) is 0 Å². The van der Waals surface area contributed by atoms with Crippen LogP contribution in [0.25, 0.3) is 0 Å². The van der Waals surface area contributed by atoms with Crippen molar-refractivity contribution < 1.29 is 0 Å². The number of hydrogen-bond acceptors (Lipinski definition) is 0. The van der Waals surface area contributed by atoms with Crippen molar-refractivity contribution in [1.29, 1.82) is 0 Å². The first-order valence-electron chi connectivity index (χ1n) is 4.66. The first kappa shape index (κ1) is 11.0. The van der Waals surface area contributed by atoms with E-state index in [2.05, 4.69) is 41.5 Å². The molecule has 0 aliphatic rings. The highest BCUT2D eigenvalue weighted by Gasteiger charge is 2.15. The van der Waals surface area contributed by atoms with Crippen molar-refractivity contribution in [3.8, 4) is 0 Å². The smallest absolute Gasteiger partial charge is 0.0351 e. The summed E-state index contributed by atoms with van der Waals surface area (Å²) in [6, 6.07) is 0. The second-order valence-electron chi connectivity index (χ2n) is 5.10. The van der Waals surface area contributed by atoms with Gasteiger partial charge in [-0.3, -0.25) is 0 Å². The highest BCUT2D eigenvalue weighted by atomic mass is 14.2. The average molecular weight is 155 g/mol. The minimum absolute atomic E-state index is 0.258. The van der Waals surface area contributed by atoms with Crippen LogP contribution in [-0.4, -0.2) is 0 Å². The first-order chi connectivity index (χ1) is 4.81. The maximum atomic E-state index is 4.12. The molecule has 0 nitrogen and oxygen atoms in total. The standard InChI is InChI=1S/C11H23/c1-9(2)7-10(3)8-11(4,5)6/h9-10H,4,7-8H2,1-3,5-6H3. The van der Waals surface area contributed by atoms with Crippen LogP contribution in [-0.2, 0) is 0 Å². The van der Waals surface area contributed by atoms with Gasteiger partial charge in [0.05, 0.1) is 0 Å². The second kappa shape index (κ2) is 4.13. The number of hydrogen-bond donors (Lipinski definition) is 0. The minimum atomic E-state index is 0.258. The lowest BCUT2D eigenvalue weighted by molar-refractivity contribution is 0.307. The summed E-state index contributed by atoms with van der Waals surface area (Å²) < 4.78 is 0. The van der Waals surface area contributed by atoms with Gasteiger partial charge in [-0.25, -0.2) is 0 Å². The summed E-state index contributed by atoms with van der Waals surface area (Å²) in [7, 11) is 0. The van der Waals surface area contributed by atoms with Crippen LogP contribution >= 0.6 is 0 Å². The monoisotopic (exact) mass is 155 g/mol. The van der Waals surface area contributed by atoms with Crippen LogP contribution in [0.2, 0.25) is 0 Å². The van der Waals surface area contributed by atoms with Crippen LogP contribution in [0.5, 0.6) is 0 Å². The van der Waals surface area contributed by atoms with Crippen LogP contribution in [0.4, 0.5) is 0 Å². The topological polar surface area (TPSA) is 0 Å². The van der Waals surface area contributed by atoms with Crippen LogP contribution in [0.15, 0.2) is 0 Å². The quantitative estimate of drug-likeness (QED) is 0.577. The van der Waals surface area contributed by atoms with Crippen LogP contribution in [0.1, 0.15) is 47.5 Å². The summed E-state index contributed by atoms with van der Waals surface area (Å²) in [5.41, 5.74) is 0.258. The largest absolute Gasteiger partial charge is 0.0628 e. The van der Waals surface area contributed by atoms with Gasteiger partial charge >= 0.3 is 0 Å². The Bertz CT molecular complexity index is 95.1. The van der Waals surface area contributed by atoms with Gasteiger partial charge in [-0.15, -0.1) is 0 Å². The van der Waals surface area contributed by atoms with E-state index in [9.17, 15) is 0 Å². The predicted octanol–water partition coefficient (Wildman–Crippen LogP) is 3.92. The van der Waals surface area contributed by atoms with Crippen molar-refractivity contribution in [1.82, 2.24) is 0 Å². The zero-order valence-corrected chi connectivity index (χ0v) is 8.78.